The van der Waals surface area contributed by atoms with E-state index in [0.29, 0.717) is 31.8 Å². The highest BCUT2D eigenvalue weighted by molar-refractivity contribution is 5.03. The molecule has 2 aliphatic heterocycles. The molecule has 0 amide bonds. The van der Waals surface area contributed by atoms with E-state index < -0.39 is 12.5 Å². The van der Waals surface area contributed by atoms with E-state index in [9.17, 15) is 4.39 Å². The zero-order valence-corrected chi connectivity index (χ0v) is 8.52. The molecular weight excluding hydrogens is 165 g/mol. The summed E-state index contributed by atoms with van der Waals surface area (Å²) in [5, 5.41) is 0. The van der Waals surface area contributed by atoms with Crippen molar-refractivity contribution < 1.29 is 7.13 Å². The molecule has 2 heteroatoms. The summed E-state index contributed by atoms with van der Waals surface area (Å²) in [5.41, 5.74) is -0.183. The van der Waals surface area contributed by atoms with Gasteiger partial charge in [0.1, 0.15) is 6.17 Å². The minimum atomic E-state index is -1.12. The first-order valence-corrected chi connectivity index (χ1v) is 5.22. The van der Waals surface area contributed by atoms with E-state index in [0.717, 1.165) is 6.42 Å². The van der Waals surface area contributed by atoms with Gasteiger partial charge in [-0.05, 0) is 38.1 Å². The average Bonchev–Trinajstić information content (AvgIpc) is 2.32. The van der Waals surface area contributed by atoms with Gasteiger partial charge in [0.2, 0.25) is 0 Å². The maximum atomic E-state index is 13.4. The van der Waals surface area contributed by atoms with Gasteiger partial charge in [-0.2, -0.15) is 0 Å². The Kier molecular flexibility index (Phi) is 1.79. The summed E-state index contributed by atoms with van der Waals surface area (Å²) < 4.78 is 29.1. The fraction of sp³-hybridized carbons (Fsp3) is 1.00. The Labute approximate surface area is 83.1 Å². The molecule has 0 N–H and O–H groups in total. The van der Waals surface area contributed by atoms with E-state index in [1.165, 1.54) is 0 Å². The van der Waals surface area contributed by atoms with E-state index in [4.69, 9.17) is 2.74 Å². The molecule has 0 aromatic rings. The highest BCUT2D eigenvalue weighted by atomic mass is 19.1. The number of nitrogens with zero attached hydrogens (tertiary/aromatic N) is 1. The summed E-state index contributed by atoms with van der Waals surface area (Å²) in [6.07, 6.45) is 0.102. The third-order valence-electron chi connectivity index (χ3n) is 3.24. The van der Waals surface area contributed by atoms with Gasteiger partial charge in [-0.25, -0.2) is 4.39 Å². The lowest BCUT2D eigenvalue weighted by molar-refractivity contribution is 0.163. The van der Waals surface area contributed by atoms with E-state index in [-0.39, 0.29) is 5.54 Å². The number of hydrogen-bond acceptors (Lipinski definition) is 1. The molecule has 0 bridgehead atoms. The lowest BCUT2D eigenvalue weighted by Crippen LogP contribution is -2.39. The second kappa shape index (κ2) is 3.23. The lowest BCUT2D eigenvalue weighted by atomic mass is 9.85. The molecular formula is C11H20FN. The lowest BCUT2D eigenvalue weighted by Gasteiger charge is -2.33. The second-order valence-corrected chi connectivity index (χ2v) is 4.93. The van der Waals surface area contributed by atoms with Gasteiger partial charge in [0, 0.05) is 14.8 Å². The first kappa shape index (κ1) is 7.22. The SMILES string of the molecule is [2H]C1([2H])CN2C[C@H](F)C[C@]2(CC(C)C)C1. The minimum Gasteiger partial charge on any atom is -0.295 e. The molecule has 0 aromatic carbocycles. The first-order chi connectivity index (χ1) is 6.83. The van der Waals surface area contributed by atoms with Crippen LogP contribution in [0.1, 0.15) is 42.2 Å². The standard InChI is InChI=1S/C11H20FN/c1-9(2)6-11-4-3-5-13(11)8-10(12)7-11/h9-10H,3-8H2,1-2H3/t10-,11-/m1/s1/i3D2. The van der Waals surface area contributed by atoms with Crippen LogP contribution in [0.4, 0.5) is 4.39 Å². The van der Waals surface area contributed by atoms with Gasteiger partial charge >= 0.3 is 0 Å². The molecule has 2 rings (SSSR count). The van der Waals surface area contributed by atoms with Gasteiger partial charge < -0.3 is 0 Å². The molecule has 2 fully saturated rings. The Bertz CT molecular complexity index is 257. The molecule has 0 unspecified atom stereocenters. The summed E-state index contributed by atoms with van der Waals surface area (Å²) in [6.45, 7) is 5.12. The number of hydrogen-bond donors (Lipinski definition) is 0. The summed E-state index contributed by atoms with van der Waals surface area (Å²) in [7, 11) is 0. The highest BCUT2D eigenvalue weighted by Gasteiger charge is 2.48. The summed E-state index contributed by atoms with van der Waals surface area (Å²) >= 11 is 0. The van der Waals surface area contributed by atoms with Crippen molar-refractivity contribution >= 4 is 0 Å². The van der Waals surface area contributed by atoms with Crippen LogP contribution in [-0.2, 0) is 0 Å². The van der Waals surface area contributed by atoms with Crippen LogP contribution in [0, 0.1) is 5.92 Å². The van der Waals surface area contributed by atoms with Gasteiger partial charge in [0.05, 0.1) is 0 Å². The zero-order chi connectivity index (χ0) is 11.3. The Morgan fingerprint density at radius 2 is 2.46 bits per heavy atom. The molecule has 2 atom stereocenters. The Morgan fingerprint density at radius 3 is 3.15 bits per heavy atom. The van der Waals surface area contributed by atoms with Gasteiger partial charge in [0.25, 0.3) is 0 Å². The predicted molar refractivity (Wildman–Crippen MR) is 52.5 cm³/mol. The quantitative estimate of drug-likeness (QED) is 0.642. The topological polar surface area (TPSA) is 3.24 Å². The van der Waals surface area contributed by atoms with E-state index in [1.807, 2.05) is 0 Å². The maximum Gasteiger partial charge on any atom is 0.115 e. The summed E-state index contributed by atoms with van der Waals surface area (Å²) in [6, 6.07) is 0. The fourth-order valence-electron chi connectivity index (χ4n) is 2.92. The van der Waals surface area contributed by atoms with Gasteiger partial charge in [-0.1, -0.05) is 13.8 Å². The third kappa shape index (κ3) is 1.61. The van der Waals surface area contributed by atoms with Gasteiger partial charge in [-0.3, -0.25) is 4.90 Å². The third-order valence-corrected chi connectivity index (χ3v) is 3.24. The summed E-state index contributed by atoms with van der Waals surface area (Å²) in [5.74, 6) is 0.506. The van der Waals surface area contributed by atoms with E-state index in [2.05, 4.69) is 18.7 Å². The van der Waals surface area contributed by atoms with Crippen molar-refractivity contribution in [2.24, 2.45) is 5.92 Å². The zero-order valence-electron chi connectivity index (χ0n) is 10.5. The normalized spacial score (nSPS) is 46.3. The van der Waals surface area contributed by atoms with Gasteiger partial charge in [0.15, 0.2) is 0 Å². The van der Waals surface area contributed by atoms with Crippen molar-refractivity contribution in [2.45, 2.75) is 51.2 Å². The Morgan fingerprint density at radius 1 is 1.69 bits per heavy atom. The van der Waals surface area contributed by atoms with Crippen molar-refractivity contribution in [3.63, 3.8) is 0 Å². The van der Waals surface area contributed by atoms with Crippen LogP contribution in [0.15, 0.2) is 0 Å². The average molecular weight is 187 g/mol. The maximum absolute atomic E-state index is 13.4. The van der Waals surface area contributed by atoms with Gasteiger partial charge in [-0.15, -0.1) is 0 Å². The van der Waals surface area contributed by atoms with Crippen LogP contribution in [0.3, 0.4) is 0 Å². The van der Waals surface area contributed by atoms with Crippen LogP contribution in [0.5, 0.6) is 0 Å². The first-order valence-electron chi connectivity index (χ1n) is 6.22. The molecule has 0 aliphatic carbocycles. The molecule has 0 aromatic heterocycles. The number of fused-ring (bicyclic) bond motifs is 1. The Hall–Kier alpha value is -0.110. The molecule has 13 heavy (non-hydrogen) atoms. The van der Waals surface area contributed by atoms with Crippen molar-refractivity contribution in [3.8, 4) is 0 Å². The molecule has 2 heterocycles. The molecule has 2 saturated heterocycles. The molecule has 1 nitrogen and oxygen atoms in total. The number of alkyl halides is 1. The second-order valence-electron chi connectivity index (χ2n) is 4.93. The molecule has 0 saturated carbocycles. The fourth-order valence-corrected chi connectivity index (χ4v) is 2.92. The molecule has 0 radical (unpaired) electrons. The molecule has 76 valence electrons. The number of rotatable bonds is 2. The van der Waals surface area contributed by atoms with Crippen molar-refractivity contribution in [3.05, 3.63) is 0 Å². The van der Waals surface area contributed by atoms with E-state index >= 15 is 0 Å². The van der Waals surface area contributed by atoms with Crippen LogP contribution in [0.25, 0.3) is 0 Å². The van der Waals surface area contributed by atoms with Crippen LogP contribution < -0.4 is 0 Å². The molecule has 2 aliphatic rings. The van der Waals surface area contributed by atoms with Crippen LogP contribution in [0.2, 0.25) is 0 Å². The predicted octanol–water partition coefficient (Wildman–Crippen LogP) is 2.61. The van der Waals surface area contributed by atoms with E-state index in [1.54, 1.807) is 0 Å². The van der Waals surface area contributed by atoms with Crippen LogP contribution >= 0.6 is 0 Å². The van der Waals surface area contributed by atoms with Crippen molar-refractivity contribution in [1.29, 1.82) is 0 Å². The van der Waals surface area contributed by atoms with Crippen molar-refractivity contribution in [2.75, 3.05) is 13.1 Å². The largest absolute Gasteiger partial charge is 0.295 e. The summed E-state index contributed by atoms with van der Waals surface area (Å²) in [4.78, 5) is 2.05. The number of halogens is 1. The Balaban J connectivity index is 2.18. The minimum absolute atomic E-state index is 0.183. The van der Waals surface area contributed by atoms with Crippen molar-refractivity contribution in [1.82, 2.24) is 4.90 Å². The molecule has 0 spiro atoms. The monoisotopic (exact) mass is 187 g/mol. The smallest absolute Gasteiger partial charge is 0.115 e. The highest BCUT2D eigenvalue weighted by Crippen LogP contribution is 2.43. The van der Waals surface area contributed by atoms with Crippen LogP contribution in [-0.4, -0.2) is 29.7 Å².